The van der Waals surface area contributed by atoms with Crippen molar-refractivity contribution in [3.63, 3.8) is 0 Å². The van der Waals surface area contributed by atoms with Crippen molar-refractivity contribution < 1.29 is 4.74 Å². The summed E-state index contributed by atoms with van der Waals surface area (Å²) in [6.07, 6.45) is 7.82. The SMILES string of the molecule is C/C=C/CO[C@@H]1/C(=N/N(C)C)CCC[C@@H]1C. The minimum Gasteiger partial charge on any atom is -0.368 e. The van der Waals surface area contributed by atoms with Crippen LogP contribution in [0.5, 0.6) is 0 Å². The van der Waals surface area contributed by atoms with Crippen molar-refractivity contribution in [3.05, 3.63) is 12.2 Å². The van der Waals surface area contributed by atoms with Crippen LogP contribution >= 0.6 is 0 Å². The van der Waals surface area contributed by atoms with Crippen LogP contribution in [-0.4, -0.2) is 37.5 Å². The number of hydrogen-bond acceptors (Lipinski definition) is 3. The van der Waals surface area contributed by atoms with Gasteiger partial charge in [-0.1, -0.05) is 19.1 Å². The van der Waals surface area contributed by atoms with Gasteiger partial charge in [-0.15, -0.1) is 0 Å². The summed E-state index contributed by atoms with van der Waals surface area (Å²) in [5, 5.41) is 6.42. The van der Waals surface area contributed by atoms with Crippen LogP contribution in [0.3, 0.4) is 0 Å². The molecule has 0 spiro atoms. The molecule has 0 saturated heterocycles. The average molecular weight is 224 g/mol. The third-order valence-corrected chi connectivity index (χ3v) is 2.87. The van der Waals surface area contributed by atoms with Gasteiger partial charge in [0.15, 0.2) is 0 Å². The third kappa shape index (κ3) is 3.97. The lowest BCUT2D eigenvalue weighted by atomic mass is 9.86. The van der Waals surface area contributed by atoms with Gasteiger partial charge in [0.25, 0.3) is 0 Å². The number of nitrogens with zero attached hydrogens (tertiary/aromatic N) is 2. The van der Waals surface area contributed by atoms with Gasteiger partial charge in [-0.25, -0.2) is 0 Å². The zero-order valence-electron chi connectivity index (χ0n) is 10.9. The Morgan fingerprint density at radius 3 is 2.88 bits per heavy atom. The van der Waals surface area contributed by atoms with Gasteiger partial charge >= 0.3 is 0 Å². The van der Waals surface area contributed by atoms with Crippen molar-refractivity contribution in [3.8, 4) is 0 Å². The molecule has 0 aromatic carbocycles. The van der Waals surface area contributed by atoms with Gasteiger partial charge in [-0.05, 0) is 32.1 Å². The van der Waals surface area contributed by atoms with E-state index in [1.807, 2.05) is 32.1 Å². The number of allylic oxidation sites excluding steroid dienone is 1. The molecular formula is C13H24N2O. The highest BCUT2D eigenvalue weighted by Gasteiger charge is 2.27. The molecule has 1 aliphatic carbocycles. The first-order valence-corrected chi connectivity index (χ1v) is 6.12. The summed E-state index contributed by atoms with van der Waals surface area (Å²) in [5.41, 5.74) is 1.20. The lowest BCUT2D eigenvalue weighted by molar-refractivity contribution is 0.0705. The Bertz CT molecular complexity index is 259. The Morgan fingerprint density at radius 2 is 2.25 bits per heavy atom. The lowest BCUT2D eigenvalue weighted by Gasteiger charge is -2.30. The van der Waals surface area contributed by atoms with E-state index in [1.54, 1.807) is 0 Å². The van der Waals surface area contributed by atoms with E-state index >= 15 is 0 Å². The Hall–Kier alpha value is -0.830. The smallest absolute Gasteiger partial charge is 0.100 e. The Balaban J connectivity index is 2.64. The molecule has 0 aliphatic heterocycles. The van der Waals surface area contributed by atoms with Crippen molar-refractivity contribution in [2.45, 2.75) is 39.2 Å². The predicted octanol–water partition coefficient (Wildman–Crippen LogP) is 2.69. The van der Waals surface area contributed by atoms with Crippen LogP contribution in [-0.2, 0) is 4.74 Å². The molecule has 0 aromatic rings. The Morgan fingerprint density at radius 1 is 1.50 bits per heavy atom. The second kappa shape index (κ2) is 6.69. The second-order valence-corrected chi connectivity index (χ2v) is 4.63. The number of hydrazone groups is 1. The van der Waals surface area contributed by atoms with Crippen LogP contribution in [0.4, 0.5) is 0 Å². The average Bonchev–Trinajstić information content (AvgIpc) is 2.21. The van der Waals surface area contributed by atoms with E-state index in [-0.39, 0.29) is 6.10 Å². The highest BCUT2D eigenvalue weighted by atomic mass is 16.5. The summed E-state index contributed by atoms with van der Waals surface area (Å²) < 4.78 is 5.90. The van der Waals surface area contributed by atoms with E-state index in [0.717, 1.165) is 6.42 Å². The quantitative estimate of drug-likeness (QED) is 0.542. The molecule has 2 atom stereocenters. The molecule has 3 heteroatoms. The molecule has 0 N–H and O–H groups in total. The molecule has 16 heavy (non-hydrogen) atoms. The number of ether oxygens (including phenoxy) is 1. The normalized spacial score (nSPS) is 28.9. The van der Waals surface area contributed by atoms with Crippen LogP contribution < -0.4 is 0 Å². The summed E-state index contributed by atoms with van der Waals surface area (Å²) in [5.74, 6) is 0.581. The lowest BCUT2D eigenvalue weighted by Crippen LogP contribution is -2.36. The van der Waals surface area contributed by atoms with Crippen LogP contribution in [0, 0.1) is 5.92 Å². The summed E-state index contributed by atoms with van der Waals surface area (Å²) in [7, 11) is 3.94. The summed E-state index contributed by atoms with van der Waals surface area (Å²) in [6, 6.07) is 0. The van der Waals surface area contributed by atoms with Gasteiger partial charge in [-0.3, -0.25) is 0 Å². The summed E-state index contributed by atoms with van der Waals surface area (Å²) in [4.78, 5) is 0. The summed E-state index contributed by atoms with van der Waals surface area (Å²) >= 11 is 0. The van der Waals surface area contributed by atoms with Crippen LogP contribution in [0.25, 0.3) is 0 Å². The number of hydrogen-bond donors (Lipinski definition) is 0. The second-order valence-electron chi connectivity index (χ2n) is 4.63. The van der Waals surface area contributed by atoms with Crippen molar-refractivity contribution in [1.82, 2.24) is 5.01 Å². The fraction of sp³-hybridized carbons (Fsp3) is 0.769. The van der Waals surface area contributed by atoms with Gasteiger partial charge in [0.2, 0.25) is 0 Å². The molecule has 92 valence electrons. The van der Waals surface area contributed by atoms with E-state index in [1.165, 1.54) is 18.6 Å². The largest absolute Gasteiger partial charge is 0.368 e. The molecule has 0 amide bonds. The fourth-order valence-electron chi connectivity index (χ4n) is 2.11. The molecule has 1 fully saturated rings. The first-order chi connectivity index (χ1) is 7.65. The molecule has 0 aromatic heterocycles. The minimum absolute atomic E-state index is 0.201. The van der Waals surface area contributed by atoms with Gasteiger partial charge in [0.1, 0.15) is 6.10 Å². The van der Waals surface area contributed by atoms with Crippen molar-refractivity contribution in [2.24, 2.45) is 11.0 Å². The molecule has 1 rings (SSSR count). The van der Waals surface area contributed by atoms with E-state index in [9.17, 15) is 0 Å². The van der Waals surface area contributed by atoms with E-state index in [4.69, 9.17) is 4.74 Å². The monoisotopic (exact) mass is 224 g/mol. The molecule has 0 heterocycles. The van der Waals surface area contributed by atoms with E-state index in [2.05, 4.69) is 18.1 Å². The van der Waals surface area contributed by atoms with Crippen LogP contribution in [0.2, 0.25) is 0 Å². The zero-order valence-corrected chi connectivity index (χ0v) is 10.9. The van der Waals surface area contributed by atoms with Gasteiger partial charge in [0, 0.05) is 14.1 Å². The topological polar surface area (TPSA) is 24.8 Å². The van der Waals surface area contributed by atoms with E-state index < -0.39 is 0 Å². The first kappa shape index (κ1) is 13.2. The van der Waals surface area contributed by atoms with Gasteiger partial charge in [0.05, 0.1) is 12.3 Å². The first-order valence-electron chi connectivity index (χ1n) is 6.12. The fourth-order valence-corrected chi connectivity index (χ4v) is 2.11. The maximum atomic E-state index is 5.90. The van der Waals surface area contributed by atoms with Gasteiger partial charge < -0.3 is 9.75 Å². The number of rotatable bonds is 4. The maximum absolute atomic E-state index is 5.90. The highest BCUT2D eigenvalue weighted by Crippen LogP contribution is 2.25. The van der Waals surface area contributed by atoms with Crippen LogP contribution in [0.15, 0.2) is 17.3 Å². The Kier molecular flexibility index (Phi) is 5.53. The van der Waals surface area contributed by atoms with Crippen molar-refractivity contribution >= 4 is 5.71 Å². The molecule has 3 nitrogen and oxygen atoms in total. The molecule has 0 bridgehead atoms. The molecule has 0 radical (unpaired) electrons. The van der Waals surface area contributed by atoms with Gasteiger partial charge in [-0.2, -0.15) is 5.10 Å². The molecular weight excluding hydrogens is 200 g/mol. The predicted molar refractivity (Wildman–Crippen MR) is 68.7 cm³/mol. The third-order valence-electron chi connectivity index (χ3n) is 2.87. The maximum Gasteiger partial charge on any atom is 0.100 e. The molecule has 1 saturated carbocycles. The van der Waals surface area contributed by atoms with E-state index in [0.29, 0.717) is 12.5 Å². The minimum atomic E-state index is 0.201. The summed E-state index contributed by atoms with van der Waals surface area (Å²) in [6.45, 7) is 4.96. The highest BCUT2D eigenvalue weighted by molar-refractivity contribution is 5.89. The Labute approximate surface area is 99.2 Å². The molecule has 0 unspecified atom stereocenters. The standard InChI is InChI=1S/C13H24N2O/c1-5-6-10-16-13-11(2)8-7-9-12(13)14-15(3)4/h5-6,11,13H,7-10H2,1-4H3/b6-5+,14-12+/t11-,13-/m0/s1. The van der Waals surface area contributed by atoms with Crippen molar-refractivity contribution in [1.29, 1.82) is 0 Å². The van der Waals surface area contributed by atoms with Crippen molar-refractivity contribution in [2.75, 3.05) is 20.7 Å². The molecule has 1 aliphatic rings. The van der Waals surface area contributed by atoms with Crippen LogP contribution in [0.1, 0.15) is 33.1 Å². The zero-order chi connectivity index (χ0) is 12.0.